The molecule has 0 aliphatic rings. The average molecular weight is 263 g/mol. The van der Waals surface area contributed by atoms with Crippen LogP contribution in [-0.2, 0) is 13.1 Å². The molecular weight excluding hydrogens is 242 g/mol. The van der Waals surface area contributed by atoms with Gasteiger partial charge in [-0.05, 0) is 12.6 Å². The van der Waals surface area contributed by atoms with Crippen LogP contribution in [0.3, 0.4) is 0 Å². The molecule has 0 aromatic carbocycles. The lowest BCUT2D eigenvalue weighted by Crippen LogP contribution is -2.27. The number of likely N-dealkylation sites (N-methyl/N-ethyl adjacent to an activating group) is 1. The van der Waals surface area contributed by atoms with Crippen molar-refractivity contribution in [3.63, 3.8) is 0 Å². The molecule has 2 aromatic heterocycles. The molecule has 0 aliphatic heterocycles. The molecule has 0 unspecified atom stereocenters. The minimum absolute atomic E-state index is 0.278. The monoisotopic (exact) mass is 263 g/mol. The maximum absolute atomic E-state index is 5.63. The van der Waals surface area contributed by atoms with Crippen LogP contribution in [0, 0.1) is 0 Å². The molecule has 0 fully saturated rings. The second-order valence-electron chi connectivity index (χ2n) is 4.83. The first kappa shape index (κ1) is 13.7. The van der Waals surface area contributed by atoms with Gasteiger partial charge in [0.1, 0.15) is 0 Å². The van der Waals surface area contributed by atoms with Crippen molar-refractivity contribution in [2.45, 2.75) is 39.8 Å². The maximum atomic E-state index is 5.63. The molecule has 6 heteroatoms. The average Bonchev–Trinajstić information content (AvgIpc) is 3.05. The molecule has 0 bridgehead atoms. The maximum Gasteiger partial charge on any atom is 0.230 e. The number of hydrogen-bond donors (Lipinski definition) is 0. The topological polar surface area (TPSA) is 60.0 Å². The standard InChI is InChI=1S/C13H21N5O/c1-4-17(8-9-18-7-5-6-14-18)10-12-15-16-13(19-12)11(2)3/h5-7,11H,4,8-10H2,1-3H3. The molecule has 0 atom stereocenters. The summed E-state index contributed by atoms with van der Waals surface area (Å²) in [4.78, 5) is 2.26. The summed E-state index contributed by atoms with van der Waals surface area (Å²) in [5.74, 6) is 1.67. The molecule has 0 spiro atoms. The molecule has 2 aromatic rings. The third-order valence-corrected chi connectivity index (χ3v) is 2.99. The Balaban J connectivity index is 1.87. The number of nitrogens with zero attached hydrogens (tertiary/aromatic N) is 5. The Labute approximate surface area is 113 Å². The van der Waals surface area contributed by atoms with Crippen LogP contribution in [0.2, 0.25) is 0 Å². The molecule has 6 nitrogen and oxygen atoms in total. The van der Waals surface area contributed by atoms with Gasteiger partial charge in [-0.25, -0.2) is 0 Å². The lowest BCUT2D eigenvalue weighted by atomic mass is 10.2. The summed E-state index contributed by atoms with van der Waals surface area (Å²) in [5, 5.41) is 12.3. The van der Waals surface area contributed by atoms with Gasteiger partial charge in [0.25, 0.3) is 0 Å². The van der Waals surface area contributed by atoms with E-state index >= 15 is 0 Å². The summed E-state index contributed by atoms with van der Waals surface area (Å²) in [6.45, 7) is 9.64. The second-order valence-corrected chi connectivity index (χ2v) is 4.83. The van der Waals surface area contributed by atoms with Crippen molar-refractivity contribution in [2.24, 2.45) is 0 Å². The predicted octanol–water partition coefficient (Wildman–Crippen LogP) is 1.91. The summed E-state index contributed by atoms with van der Waals surface area (Å²) in [7, 11) is 0. The molecule has 0 N–H and O–H groups in total. The van der Waals surface area contributed by atoms with E-state index in [0.717, 1.165) is 19.6 Å². The van der Waals surface area contributed by atoms with Crippen molar-refractivity contribution in [3.05, 3.63) is 30.2 Å². The number of hydrogen-bond acceptors (Lipinski definition) is 5. The van der Waals surface area contributed by atoms with Crippen molar-refractivity contribution in [3.8, 4) is 0 Å². The molecular formula is C13H21N5O. The second kappa shape index (κ2) is 6.47. The largest absolute Gasteiger partial charge is 0.424 e. The van der Waals surface area contributed by atoms with Crippen LogP contribution < -0.4 is 0 Å². The zero-order valence-corrected chi connectivity index (χ0v) is 11.8. The summed E-state index contributed by atoms with van der Waals surface area (Å²) in [6.07, 6.45) is 3.76. The third kappa shape index (κ3) is 3.89. The Bertz CT molecular complexity index is 477. The van der Waals surface area contributed by atoms with Gasteiger partial charge in [0.15, 0.2) is 0 Å². The van der Waals surface area contributed by atoms with Gasteiger partial charge in [-0.1, -0.05) is 20.8 Å². The van der Waals surface area contributed by atoms with Gasteiger partial charge in [-0.3, -0.25) is 9.58 Å². The van der Waals surface area contributed by atoms with Gasteiger partial charge >= 0.3 is 0 Å². The van der Waals surface area contributed by atoms with Crippen molar-refractivity contribution in [1.29, 1.82) is 0 Å². The van der Waals surface area contributed by atoms with Crippen LogP contribution in [-0.4, -0.2) is 38.0 Å². The zero-order valence-electron chi connectivity index (χ0n) is 11.8. The van der Waals surface area contributed by atoms with Gasteiger partial charge in [-0.2, -0.15) is 5.10 Å². The molecule has 2 heterocycles. The fourth-order valence-electron chi connectivity index (χ4n) is 1.78. The molecule has 0 amide bonds. The summed E-state index contributed by atoms with van der Waals surface area (Å²) in [6, 6.07) is 1.93. The Kier molecular flexibility index (Phi) is 4.68. The predicted molar refractivity (Wildman–Crippen MR) is 71.6 cm³/mol. The Morgan fingerprint density at radius 1 is 1.37 bits per heavy atom. The highest BCUT2D eigenvalue weighted by atomic mass is 16.4. The van der Waals surface area contributed by atoms with E-state index in [1.807, 2.05) is 30.8 Å². The minimum atomic E-state index is 0.278. The third-order valence-electron chi connectivity index (χ3n) is 2.99. The summed E-state index contributed by atoms with van der Waals surface area (Å²) in [5.41, 5.74) is 0. The van der Waals surface area contributed by atoms with Crippen molar-refractivity contribution < 1.29 is 4.42 Å². The normalized spacial score (nSPS) is 11.6. The minimum Gasteiger partial charge on any atom is -0.424 e. The number of rotatable bonds is 7. The van der Waals surface area contributed by atoms with Crippen LogP contribution in [0.5, 0.6) is 0 Å². The van der Waals surface area contributed by atoms with Crippen molar-refractivity contribution >= 4 is 0 Å². The first-order valence-electron chi connectivity index (χ1n) is 6.71. The lowest BCUT2D eigenvalue weighted by Gasteiger charge is -2.17. The fourth-order valence-corrected chi connectivity index (χ4v) is 1.78. The van der Waals surface area contributed by atoms with E-state index in [0.29, 0.717) is 18.3 Å². The van der Waals surface area contributed by atoms with Crippen LogP contribution in [0.15, 0.2) is 22.9 Å². The van der Waals surface area contributed by atoms with Gasteiger partial charge in [0, 0.05) is 24.9 Å². The summed E-state index contributed by atoms with van der Waals surface area (Å²) < 4.78 is 7.55. The van der Waals surface area contributed by atoms with Gasteiger partial charge in [-0.15, -0.1) is 10.2 Å². The molecule has 0 saturated carbocycles. The van der Waals surface area contributed by atoms with Crippen LogP contribution in [0.4, 0.5) is 0 Å². The highest BCUT2D eigenvalue weighted by Crippen LogP contribution is 2.13. The van der Waals surface area contributed by atoms with E-state index in [2.05, 4.69) is 27.1 Å². The molecule has 19 heavy (non-hydrogen) atoms. The van der Waals surface area contributed by atoms with E-state index in [4.69, 9.17) is 4.42 Å². The first-order valence-corrected chi connectivity index (χ1v) is 6.71. The SMILES string of the molecule is CCN(CCn1cccn1)Cc1nnc(C(C)C)o1. The fraction of sp³-hybridized carbons (Fsp3) is 0.615. The molecule has 0 radical (unpaired) electrons. The molecule has 104 valence electrons. The van der Waals surface area contributed by atoms with Crippen molar-refractivity contribution in [1.82, 2.24) is 24.9 Å². The molecule has 0 saturated heterocycles. The van der Waals surface area contributed by atoms with Gasteiger partial charge in [0.2, 0.25) is 11.8 Å². The van der Waals surface area contributed by atoms with Gasteiger partial charge in [0.05, 0.1) is 13.1 Å². The van der Waals surface area contributed by atoms with Crippen molar-refractivity contribution in [2.75, 3.05) is 13.1 Å². The highest BCUT2D eigenvalue weighted by molar-refractivity contribution is 4.87. The van der Waals surface area contributed by atoms with Crippen LogP contribution in [0.25, 0.3) is 0 Å². The van der Waals surface area contributed by atoms with E-state index < -0.39 is 0 Å². The zero-order chi connectivity index (χ0) is 13.7. The summed E-state index contributed by atoms with van der Waals surface area (Å²) >= 11 is 0. The molecule has 0 aliphatic carbocycles. The Hall–Kier alpha value is -1.69. The van der Waals surface area contributed by atoms with Crippen LogP contribution >= 0.6 is 0 Å². The van der Waals surface area contributed by atoms with E-state index in [-0.39, 0.29) is 5.92 Å². The lowest BCUT2D eigenvalue weighted by molar-refractivity contribution is 0.234. The smallest absolute Gasteiger partial charge is 0.230 e. The first-order chi connectivity index (χ1) is 9.19. The van der Waals surface area contributed by atoms with E-state index in [1.165, 1.54) is 0 Å². The van der Waals surface area contributed by atoms with E-state index in [9.17, 15) is 0 Å². The Morgan fingerprint density at radius 3 is 2.79 bits per heavy atom. The molecule has 2 rings (SSSR count). The number of aromatic nitrogens is 4. The van der Waals surface area contributed by atoms with E-state index in [1.54, 1.807) is 6.20 Å². The quantitative estimate of drug-likeness (QED) is 0.763. The Morgan fingerprint density at radius 2 is 2.21 bits per heavy atom. The van der Waals surface area contributed by atoms with Crippen LogP contribution in [0.1, 0.15) is 38.5 Å². The van der Waals surface area contributed by atoms with Gasteiger partial charge < -0.3 is 4.42 Å². The highest BCUT2D eigenvalue weighted by Gasteiger charge is 2.12.